The van der Waals surface area contributed by atoms with Crippen molar-refractivity contribution in [2.75, 3.05) is 14.2 Å². The van der Waals surface area contributed by atoms with E-state index in [0.29, 0.717) is 23.0 Å². The number of rotatable bonds is 5. The number of aromatic nitrogens is 2. The maximum absolute atomic E-state index is 5.73. The van der Waals surface area contributed by atoms with Gasteiger partial charge in [-0.2, -0.15) is 0 Å². The average molecular weight is 341 g/mol. The number of thiocarbonyl (C=S) groups is 1. The highest BCUT2D eigenvalue weighted by Crippen LogP contribution is 2.32. The van der Waals surface area contributed by atoms with Gasteiger partial charge in [0.05, 0.1) is 25.3 Å². The number of nitrogens with two attached hydrogens (primary N) is 1. The zero-order valence-electron chi connectivity index (χ0n) is 13.9. The molecule has 6 heteroatoms. The lowest BCUT2D eigenvalue weighted by Gasteiger charge is -2.11. The van der Waals surface area contributed by atoms with Crippen molar-refractivity contribution in [3.8, 4) is 11.5 Å². The van der Waals surface area contributed by atoms with Gasteiger partial charge in [-0.15, -0.1) is 0 Å². The number of ether oxygens (including phenoxy) is 2. The van der Waals surface area contributed by atoms with E-state index < -0.39 is 0 Å². The SMILES string of the molecule is COc1cc2nc(C)n(Cc3cccc(C(N)=S)c3)c2cc1OC. The summed E-state index contributed by atoms with van der Waals surface area (Å²) in [6.07, 6.45) is 0. The molecule has 0 spiro atoms. The largest absolute Gasteiger partial charge is 0.493 e. The lowest BCUT2D eigenvalue weighted by atomic mass is 10.1. The Kier molecular flexibility index (Phi) is 4.40. The molecule has 0 saturated heterocycles. The first kappa shape index (κ1) is 16.3. The van der Waals surface area contributed by atoms with Gasteiger partial charge in [0.15, 0.2) is 11.5 Å². The average Bonchev–Trinajstić information content (AvgIpc) is 2.88. The Morgan fingerprint density at radius 2 is 1.88 bits per heavy atom. The van der Waals surface area contributed by atoms with Gasteiger partial charge in [0.2, 0.25) is 0 Å². The molecule has 3 aromatic rings. The van der Waals surface area contributed by atoms with Crippen LogP contribution in [0.25, 0.3) is 11.0 Å². The second-order valence-electron chi connectivity index (χ2n) is 5.51. The number of methoxy groups -OCH3 is 2. The molecule has 0 saturated carbocycles. The van der Waals surface area contributed by atoms with E-state index in [4.69, 9.17) is 27.4 Å². The van der Waals surface area contributed by atoms with Crippen molar-refractivity contribution in [1.82, 2.24) is 9.55 Å². The first-order chi connectivity index (χ1) is 11.5. The Labute approximate surface area is 146 Å². The van der Waals surface area contributed by atoms with E-state index in [1.54, 1.807) is 14.2 Å². The third-order valence-electron chi connectivity index (χ3n) is 4.00. The normalized spacial score (nSPS) is 10.8. The van der Waals surface area contributed by atoms with Gasteiger partial charge in [-0.05, 0) is 18.6 Å². The molecule has 24 heavy (non-hydrogen) atoms. The minimum Gasteiger partial charge on any atom is -0.493 e. The zero-order chi connectivity index (χ0) is 17.3. The van der Waals surface area contributed by atoms with Crippen LogP contribution in [-0.4, -0.2) is 28.8 Å². The van der Waals surface area contributed by atoms with Gasteiger partial charge in [-0.25, -0.2) is 4.98 Å². The van der Waals surface area contributed by atoms with Gasteiger partial charge >= 0.3 is 0 Å². The summed E-state index contributed by atoms with van der Waals surface area (Å²) in [6.45, 7) is 2.66. The summed E-state index contributed by atoms with van der Waals surface area (Å²) in [7, 11) is 3.25. The number of benzene rings is 2. The van der Waals surface area contributed by atoms with Crippen LogP contribution in [0.4, 0.5) is 0 Å². The summed E-state index contributed by atoms with van der Waals surface area (Å²) in [5.41, 5.74) is 9.56. The maximum Gasteiger partial charge on any atom is 0.163 e. The number of hydrogen-bond acceptors (Lipinski definition) is 4. The van der Waals surface area contributed by atoms with Crippen molar-refractivity contribution in [2.24, 2.45) is 5.73 Å². The standard InChI is InChI=1S/C18H19N3O2S/c1-11-20-14-8-16(22-2)17(23-3)9-15(14)21(11)10-12-5-4-6-13(7-12)18(19)24/h4-9H,10H2,1-3H3,(H2,19,24). The molecule has 0 fully saturated rings. The van der Waals surface area contributed by atoms with E-state index in [-0.39, 0.29) is 0 Å². The molecule has 0 atom stereocenters. The molecule has 2 N–H and O–H groups in total. The van der Waals surface area contributed by atoms with Crippen LogP contribution in [0.1, 0.15) is 17.0 Å². The summed E-state index contributed by atoms with van der Waals surface area (Å²) >= 11 is 5.06. The Morgan fingerprint density at radius 3 is 2.54 bits per heavy atom. The highest BCUT2D eigenvalue weighted by Gasteiger charge is 2.13. The molecule has 0 bridgehead atoms. The van der Waals surface area contributed by atoms with Gasteiger partial charge < -0.3 is 19.8 Å². The predicted octanol–water partition coefficient (Wildman–Crippen LogP) is 3.04. The molecule has 0 unspecified atom stereocenters. The third-order valence-corrected chi connectivity index (χ3v) is 4.23. The fraction of sp³-hybridized carbons (Fsp3) is 0.222. The van der Waals surface area contributed by atoms with Gasteiger partial charge in [-0.3, -0.25) is 0 Å². The summed E-state index contributed by atoms with van der Waals surface area (Å²) in [4.78, 5) is 5.03. The predicted molar refractivity (Wildman–Crippen MR) is 99.0 cm³/mol. The van der Waals surface area contributed by atoms with Crippen molar-refractivity contribution in [3.05, 3.63) is 53.3 Å². The maximum atomic E-state index is 5.73. The van der Waals surface area contributed by atoms with E-state index in [1.165, 1.54) is 0 Å². The smallest absolute Gasteiger partial charge is 0.163 e. The Balaban J connectivity index is 2.07. The van der Waals surface area contributed by atoms with E-state index in [9.17, 15) is 0 Å². The van der Waals surface area contributed by atoms with Gasteiger partial charge in [0.1, 0.15) is 10.8 Å². The molecule has 0 amide bonds. The molecule has 5 nitrogen and oxygen atoms in total. The summed E-state index contributed by atoms with van der Waals surface area (Å²) in [5, 5.41) is 0. The fourth-order valence-electron chi connectivity index (χ4n) is 2.78. The molecule has 124 valence electrons. The van der Waals surface area contributed by atoms with E-state index in [0.717, 1.165) is 28.0 Å². The van der Waals surface area contributed by atoms with Gasteiger partial charge in [0, 0.05) is 24.2 Å². The minimum atomic E-state index is 0.399. The van der Waals surface area contributed by atoms with Crippen molar-refractivity contribution in [3.63, 3.8) is 0 Å². The number of hydrogen-bond donors (Lipinski definition) is 1. The zero-order valence-corrected chi connectivity index (χ0v) is 14.7. The van der Waals surface area contributed by atoms with E-state index >= 15 is 0 Å². The molecule has 2 aromatic carbocycles. The second kappa shape index (κ2) is 6.49. The molecule has 0 radical (unpaired) electrons. The van der Waals surface area contributed by atoms with Crippen molar-refractivity contribution in [1.29, 1.82) is 0 Å². The summed E-state index contributed by atoms with van der Waals surface area (Å²) in [5.74, 6) is 2.27. The molecule has 3 rings (SSSR count). The molecule has 0 aliphatic rings. The van der Waals surface area contributed by atoms with E-state index in [2.05, 4.69) is 9.55 Å². The lowest BCUT2D eigenvalue weighted by molar-refractivity contribution is 0.355. The second-order valence-corrected chi connectivity index (χ2v) is 5.95. The van der Waals surface area contributed by atoms with Crippen LogP contribution in [0.15, 0.2) is 36.4 Å². The van der Waals surface area contributed by atoms with Crippen LogP contribution in [0.3, 0.4) is 0 Å². The van der Waals surface area contributed by atoms with Gasteiger partial charge in [-0.1, -0.05) is 30.4 Å². The highest BCUT2D eigenvalue weighted by molar-refractivity contribution is 7.80. The van der Waals surface area contributed by atoms with Crippen molar-refractivity contribution < 1.29 is 9.47 Å². The Bertz CT molecular complexity index is 918. The third kappa shape index (κ3) is 2.92. The van der Waals surface area contributed by atoms with Crippen LogP contribution in [0.5, 0.6) is 11.5 Å². The molecule has 1 heterocycles. The van der Waals surface area contributed by atoms with Crippen LogP contribution < -0.4 is 15.2 Å². The summed E-state index contributed by atoms with van der Waals surface area (Å²) < 4.78 is 12.9. The van der Waals surface area contributed by atoms with Crippen LogP contribution >= 0.6 is 12.2 Å². The van der Waals surface area contributed by atoms with Crippen LogP contribution in [0.2, 0.25) is 0 Å². The molecular formula is C18H19N3O2S. The van der Waals surface area contributed by atoms with Gasteiger partial charge in [0.25, 0.3) is 0 Å². The van der Waals surface area contributed by atoms with Crippen molar-refractivity contribution in [2.45, 2.75) is 13.5 Å². The molecule has 1 aromatic heterocycles. The topological polar surface area (TPSA) is 62.3 Å². The fourth-order valence-corrected chi connectivity index (χ4v) is 2.90. The Morgan fingerprint density at radius 1 is 1.17 bits per heavy atom. The lowest BCUT2D eigenvalue weighted by Crippen LogP contribution is -2.10. The number of fused-ring (bicyclic) bond motifs is 1. The number of nitrogens with zero attached hydrogens (tertiary/aromatic N) is 2. The summed E-state index contributed by atoms with van der Waals surface area (Å²) in [6, 6.07) is 11.8. The first-order valence-electron chi connectivity index (χ1n) is 7.51. The first-order valence-corrected chi connectivity index (χ1v) is 7.92. The number of aryl methyl sites for hydroxylation is 1. The van der Waals surface area contributed by atoms with E-state index in [1.807, 2.05) is 43.3 Å². The Hall–Kier alpha value is -2.60. The minimum absolute atomic E-state index is 0.399. The highest BCUT2D eigenvalue weighted by atomic mass is 32.1. The monoisotopic (exact) mass is 341 g/mol. The molecular weight excluding hydrogens is 322 g/mol. The molecule has 0 aliphatic heterocycles. The molecule has 0 aliphatic carbocycles. The quantitative estimate of drug-likeness (QED) is 0.723. The van der Waals surface area contributed by atoms with Crippen molar-refractivity contribution >= 4 is 28.2 Å². The van der Waals surface area contributed by atoms with Crippen LogP contribution in [-0.2, 0) is 6.54 Å². The van der Waals surface area contributed by atoms with Crippen LogP contribution in [0, 0.1) is 6.92 Å². The number of imidazole rings is 1.